The molecule has 2 aromatic heterocycles. The summed E-state index contributed by atoms with van der Waals surface area (Å²) in [5.74, 6) is 0. The number of rotatable bonds is 0. The van der Waals surface area contributed by atoms with E-state index >= 15 is 0 Å². The van der Waals surface area contributed by atoms with Crippen molar-refractivity contribution in [2.75, 3.05) is 0 Å². The average Bonchev–Trinajstić information content (AvgIpc) is 2.55. The van der Waals surface area contributed by atoms with Crippen LogP contribution in [0.1, 0.15) is 16.0 Å². The van der Waals surface area contributed by atoms with Crippen LogP contribution in [0.15, 0.2) is 5.38 Å². The van der Waals surface area contributed by atoms with Gasteiger partial charge in [-0.05, 0) is 30.4 Å². The molecule has 0 radical (unpaired) electrons. The Balaban J connectivity index is 2.92. The maximum atomic E-state index is 8.79. The van der Waals surface area contributed by atoms with Gasteiger partial charge in [0.25, 0.3) is 0 Å². The second kappa shape index (κ2) is 2.58. The minimum Gasteiger partial charge on any atom is -0.192 e. The van der Waals surface area contributed by atoms with Crippen molar-refractivity contribution in [3.63, 3.8) is 0 Å². The molecule has 0 spiro atoms. The highest BCUT2D eigenvalue weighted by molar-refractivity contribution is 7.38. The van der Waals surface area contributed by atoms with Gasteiger partial charge in [-0.2, -0.15) is 5.26 Å². The third-order valence-electron chi connectivity index (χ3n) is 1.95. The first-order chi connectivity index (χ1) is 5.74. The Kier molecular flexibility index (Phi) is 1.67. The molecule has 0 saturated carbocycles. The lowest BCUT2D eigenvalue weighted by Crippen LogP contribution is -1.72. The molecule has 1 nitrogen and oxygen atoms in total. The third-order valence-corrected chi connectivity index (χ3v) is 4.37. The first-order valence-corrected chi connectivity index (χ1v) is 5.31. The summed E-state index contributed by atoms with van der Waals surface area (Å²) in [6.07, 6.45) is 0. The normalized spacial score (nSPS) is 10.4. The average molecular weight is 193 g/mol. The van der Waals surface area contributed by atoms with Gasteiger partial charge in [0.15, 0.2) is 0 Å². The van der Waals surface area contributed by atoms with Crippen LogP contribution >= 0.6 is 22.7 Å². The Hall–Kier alpha value is -0.850. The zero-order valence-electron chi connectivity index (χ0n) is 6.84. The summed E-state index contributed by atoms with van der Waals surface area (Å²) < 4.78 is 1.28. The largest absolute Gasteiger partial charge is 0.192 e. The van der Waals surface area contributed by atoms with Crippen LogP contribution in [0.5, 0.6) is 0 Å². The second-order valence-corrected chi connectivity index (χ2v) is 4.91. The molecule has 2 aromatic rings. The fraction of sp³-hybridized carbons (Fsp3) is 0.222. The molecular formula is C9H7NS2. The molecule has 0 fully saturated rings. The number of hydrogen-bond acceptors (Lipinski definition) is 3. The molecule has 0 aliphatic carbocycles. The van der Waals surface area contributed by atoms with Gasteiger partial charge in [-0.15, -0.1) is 22.7 Å². The van der Waals surface area contributed by atoms with Crippen molar-refractivity contribution >= 4 is 32.1 Å². The highest BCUT2D eigenvalue weighted by Gasteiger charge is 2.10. The molecule has 12 heavy (non-hydrogen) atoms. The Morgan fingerprint density at radius 3 is 2.75 bits per heavy atom. The number of nitrogens with zero attached hydrogens (tertiary/aromatic N) is 1. The SMILES string of the molecule is Cc1csc2sc(C#N)c(C)c12. The molecule has 0 amide bonds. The second-order valence-electron chi connectivity index (χ2n) is 2.75. The number of nitriles is 1. The highest BCUT2D eigenvalue weighted by atomic mass is 32.2. The standard InChI is InChI=1S/C9H7NS2/c1-5-4-11-9-8(5)6(2)7(3-10)12-9/h4H,1-2H3. The van der Waals surface area contributed by atoms with E-state index in [4.69, 9.17) is 5.26 Å². The van der Waals surface area contributed by atoms with Crippen LogP contribution in [0.2, 0.25) is 0 Å². The molecule has 0 aliphatic rings. The fourth-order valence-electron chi connectivity index (χ4n) is 1.33. The molecule has 2 heterocycles. The Labute approximate surface area is 78.9 Å². The summed E-state index contributed by atoms with van der Waals surface area (Å²) in [6.45, 7) is 4.12. The Morgan fingerprint density at radius 2 is 2.17 bits per heavy atom. The van der Waals surface area contributed by atoms with E-state index in [9.17, 15) is 0 Å². The van der Waals surface area contributed by atoms with Crippen LogP contribution in [0, 0.1) is 25.2 Å². The van der Waals surface area contributed by atoms with Gasteiger partial charge < -0.3 is 0 Å². The van der Waals surface area contributed by atoms with E-state index in [1.165, 1.54) is 15.0 Å². The van der Waals surface area contributed by atoms with Crippen LogP contribution in [0.25, 0.3) is 9.40 Å². The van der Waals surface area contributed by atoms with Crippen molar-refractivity contribution in [1.82, 2.24) is 0 Å². The lowest BCUT2D eigenvalue weighted by Gasteiger charge is -1.87. The van der Waals surface area contributed by atoms with Crippen molar-refractivity contribution < 1.29 is 0 Å². The van der Waals surface area contributed by atoms with Gasteiger partial charge in [0.05, 0.1) is 4.01 Å². The van der Waals surface area contributed by atoms with E-state index in [1.54, 1.807) is 22.7 Å². The number of fused-ring (bicyclic) bond motifs is 1. The van der Waals surface area contributed by atoms with E-state index < -0.39 is 0 Å². The van der Waals surface area contributed by atoms with Gasteiger partial charge in [-0.1, -0.05) is 0 Å². The molecular weight excluding hydrogens is 186 g/mol. The lowest BCUT2D eigenvalue weighted by atomic mass is 10.1. The third kappa shape index (κ3) is 0.889. The maximum Gasteiger partial charge on any atom is 0.110 e. The summed E-state index contributed by atoms with van der Waals surface area (Å²) in [5, 5.41) is 12.2. The zero-order chi connectivity index (χ0) is 8.72. The van der Waals surface area contributed by atoms with Crippen molar-refractivity contribution in [2.24, 2.45) is 0 Å². The molecule has 0 N–H and O–H groups in total. The van der Waals surface area contributed by atoms with Gasteiger partial charge in [-0.3, -0.25) is 0 Å². The van der Waals surface area contributed by atoms with E-state index in [0.717, 1.165) is 10.4 Å². The van der Waals surface area contributed by atoms with Crippen LogP contribution < -0.4 is 0 Å². The Bertz CT molecular complexity index is 470. The molecule has 60 valence electrons. The van der Waals surface area contributed by atoms with Gasteiger partial charge in [0.1, 0.15) is 10.9 Å². The topological polar surface area (TPSA) is 23.8 Å². The number of hydrogen-bond donors (Lipinski definition) is 0. The minimum absolute atomic E-state index is 0.861. The van der Waals surface area contributed by atoms with Crippen molar-refractivity contribution in [3.8, 4) is 6.07 Å². The van der Waals surface area contributed by atoms with E-state index in [0.29, 0.717) is 0 Å². The van der Waals surface area contributed by atoms with Crippen LogP contribution in [0.4, 0.5) is 0 Å². The molecule has 0 aliphatic heterocycles. The predicted octanol–water partition coefficient (Wildman–Crippen LogP) is 3.45. The first-order valence-electron chi connectivity index (χ1n) is 3.61. The molecule has 0 saturated heterocycles. The fourth-order valence-corrected chi connectivity index (χ4v) is 3.66. The van der Waals surface area contributed by atoms with Gasteiger partial charge in [0.2, 0.25) is 0 Å². The monoisotopic (exact) mass is 193 g/mol. The molecule has 2 rings (SSSR count). The molecule has 0 bridgehead atoms. The zero-order valence-corrected chi connectivity index (χ0v) is 8.47. The molecule has 0 aromatic carbocycles. The van der Waals surface area contributed by atoms with Crippen molar-refractivity contribution in [3.05, 3.63) is 21.4 Å². The van der Waals surface area contributed by atoms with Gasteiger partial charge >= 0.3 is 0 Å². The van der Waals surface area contributed by atoms with Crippen molar-refractivity contribution in [2.45, 2.75) is 13.8 Å². The Morgan fingerprint density at radius 1 is 1.42 bits per heavy atom. The summed E-state index contributed by atoms with van der Waals surface area (Å²) in [4.78, 5) is 0.861. The predicted molar refractivity (Wildman–Crippen MR) is 53.9 cm³/mol. The van der Waals surface area contributed by atoms with Crippen molar-refractivity contribution in [1.29, 1.82) is 5.26 Å². The lowest BCUT2D eigenvalue weighted by molar-refractivity contribution is 1.47. The minimum atomic E-state index is 0.861. The highest BCUT2D eigenvalue weighted by Crippen LogP contribution is 2.36. The quantitative estimate of drug-likeness (QED) is 0.628. The van der Waals surface area contributed by atoms with E-state index in [-0.39, 0.29) is 0 Å². The molecule has 3 heteroatoms. The van der Waals surface area contributed by atoms with Crippen LogP contribution in [-0.4, -0.2) is 0 Å². The maximum absolute atomic E-state index is 8.79. The molecule has 0 atom stereocenters. The summed E-state index contributed by atoms with van der Waals surface area (Å²) in [7, 11) is 0. The summed E-state index contributed by atoms with van der Waals surface area (Å²) in [5.41, 5.74) is 2.45. The van der Waals surface area contributed by atoms with E-state index in [2.05, 4.69) is 18.4 Å². The summed E-state index contributed by atoms with van der Waals surface area (Å²) in [6, 6.07) is 2.22. The van der Waals surface area contributed by atoms with E-state index in [1.807, 2.05) is 6.92 Å². The van der Waals surface area contributed by atoms with Gasteiger partial charge in [-0.25, -0.2) is 0 Å². The molecule has 0 unspecified atom stereocenters. The smallest absolute Gasteiger partial charge is 0.110 e. The van der Waals surface area contributed by atoms with Gasteiger partial charge in [0, 0.05) is 5.39 Å². The van der Waals surface area contributed by atoms with Crippen LogP contribution in [0.3, 0.4) is 0 Å². The number of thiophene rings is 2. The summed E-state index contributed by atoms with van der Waals surface area (Å²) >= 11 is 3.33. The number of aryl methyl sites for hydroxylation is 2. The first kappa shape index (κ1) is 7.78. The van der Waals surface area contributed by atoms with Crippen LogP contribution in [-0.2, 0) is 0 Å².